The Morgan fingerprint density at radius 2 is 1.90 bits per heavy atom. The standard InChI is InChI=1S/C21H19N3O6S/c25-20(13-24-18-8-1-2-9-19(18)30-14-21(24)26)23-15-5-3-7-17(11-15)31(27,28)22-12-16-6-4-10-29-16/h1-11,22H,12-14H2,(H,23,25). The number of amides is 2. The van der Waals surface area contributed by atoms with E-state index in [-0.39, 0.29) is 30.5 Å². The van der Waals surface area contributed by atoms with E-state index in [1.807, 2.05) is 0 Å². The third-order valence-corrected chi connectivity index (χ3v) is 5.95. The molecule has 2 amide bonds. The van der Waals surface area contributed by atoms with E-state index in [1.54, 1.807) is 42.5 Å². The predicted molar refractivity (Wildman–Crippen MR) is 112 cm³/mol. The second-order valence-electron chi connectivity index (χ2n) is 6.72. The molecule has 9 nitrogen and oxygen atoms in total. The molecule has 0 radical (unpaired) electrons. The molecule has 10 heteroatoms. The van der Waals surface area contributed by atoms with Crippen LogP contribution in [0, 0.1) is 0 Å². The molecular weight excluding hydrogens is 422 g/mol. The van der Waals surface area contributed by atoms with Crippen LogP contribution in [0.25, 0.3) is 0 Å². The lowest BCUT2D eigenvalue weighted by molar-refractivity contribution is -0.123. The maximum Gasteiger partial charge on any atom is 0.265 e. The fourth-order valence-corrected chi connectivity index (χ4v) is 4.11. The summed E-state index contributed by atoms with van der Waals surface area (Å²) in [7, 11) is -3.81. The van der Waals surface area contributed by atoms with Crippen molar-refractivity contribution in [3.63, 3.8) is 0 Å². The van der Waals surface area contributed by atoms with E-state index in [2.05, 4.69) is 10.0 Å². The maximum atomic E-state index is 12.6. The summed E-state index contributed by atoms with van der Waals surface area (Å²) in [6.45, 7) is -0.378. The lowest BCUT2D eigenvalue weighted by Gasteiger charge is -2.28. The van der Waals surface area contributed by atoms with E-state index in [1.165, 1.54) is 29.4 Å². The average molecular weight is 441 g/mol. The lowest BCUT2D eigenvalue weighted by atomic mass is 10.2. The van der Waals surface area contributed by atoms with Gasteiger partial charge in [-0.2, -0.15) is 0 Å². The summed E-state index contributed by atoms with van der Waals surface area (Å²) in [5, 5.41) is 2.64. The van der Waals surface area contributed by atoms with Crippen LogP contribution < -0.4 is 19.7 Å². The van der Waals surface area contributed by atoms with Gasteiger partial charge in [-0.1, -0.05) is 18.2 Å². The number of ether oxygens (including phenoxy) is 1. The van der Waals surface area contributed by atoms with Gasteiger partial charge in [-0.05, 0) is 42.5 Å². The zero-order valence-electron chi connectivity index (χ0n) is 16.3. The van der Waals surface area contributed by atoms with Crippen molar-refractivity contribution in [2.45, 2.75) is 11.4 Å². The summed E-state index contributed by atoms with van der Waals surface area (Å²) in [4.78, 5) is 26.1. The number of carbonyl (C=O) groups excluding carboxylic acids is 2. The molecule has 0 saturated heterocycles. The van der Waals surface area contributed by atoms with Gasteiger partial charge in [0.2, 0.25) is 15.9 Å². The van der Waals surface area contributed by atoms with Gasteiger partial charge in [0, 0.05) is 5.69 Å². The monoisotopic (exact) mass is 441 g/mol. The van der Waals surface area contributed by atoms with Crippen LogP contribution in [0.2, 0.25) is 0 Å². The summed E-state index contributed by atoms with van der Waals surface area (Å²) in [5.41, 5.74) is 0.798. The van der Waals surface area contributed by atoms with Crippen molar-refractivity contribution in [3.05, 3.63) is 72.7 Å². The number of rotatable bonds is 7. The van der Waals surface area contributed by atoms with Crippen LogP contribution >= 0.6 is 0 Å². The van der Waals surface area contributed by atoms with Crippen molar-refractivity contribution in [1.29, 1.82) is 0 Å². The number of sulfonamides is 1. The molecule has 0 atom stereocenters. The molecule has 1 aliphatic heterocycles. The van der Waals surface area contributed by atoms with Gasteiger partial charge < -0.3 is 14.5 Å². The van der Waals surface area contributed by atoms with E-state index in [9.17, 15) is 18.0 Å². The smallest absolute Gasteiger partial charge is 0.265 e. The number of nitrogens with zero attached hydrogens (tertiary/aromatic N) is 1. The highest BCUT2D eigenvalue weighted by Gasteiger charge is 2.27. The Balaban J connectivity index is 1.44. The second-order valence-corrected chi connectivity index (χ2v) is 8.48. The normalized spacial score (nSPS) is 13.4. The van der Waals surface area contributed by atoms with Crippen molar-refractivity contribution in [1.82, 2.24) is 4.72 Å². The Hall–Kier alpha value is -3.63. The highest BCUT2D eigenvalue weighted by atomic mass is 32.2. The SMILES string of the molecule is O=C(CN1C(=O)COc2ccccc21)Nc1cccc(S(=O)(=O)NCc2ccco2)c1. The van der Waals surface area contributed by atoms with E-state index in [4.69, 9.17) is 9.15 Å². The molecule has 2 N–H and O–H groups in total. The zero-order chi connectivity index (χ0) is 21.8. The number of anilines is 2. The molecule has 2 heterocycles. The van der Waals surface area contributed by atoms with Gasteiger partial charge in [0.1, 0.15) is 18.1 Å². The van der Waals surface area contributed by atoms with Crippen molar-refractivity contribution < 1.29 is 27.2 Å². The van der Waals surface area contributed by atoms with E-state index in [0.717, 1.165) is 0 Å². The van der Waals surface area contributed by atoms with Crippen LogP contribution in [0.1, 0.15) is 5.76 Å². The number of fused-ring (bicyclic) bond motifs is 1. The van der Waals surface area contributed by atoms with Crippen LogP contribution in [0.3, 0.4) is 0 Å². The Labute approximate surface area is 178 Å². The minimum atomic E-state index is -3.81. The maximum absolute atomic E-state index is 12.6. The van der Waals surface area contributed by atoms with Crippen molar-refractivity contribution in [2.24, 2.45) is 0 Å². The first-order chi connectivity index (χ1) is 14.9. The molecule has 0 bridgehead atoms. The molecule has 0 spiro atoms. The summed E-state index contributed by atoms with van der Waals surface area (Å²) >= 11 is 0. The van der Waals surface area contributed by atoms with Crippen molar-refractivity contribution in [3.8, 4) is 5.75 Å². The van der Waals surface area contributed by atoms with Gasteiger partial charge in [0.25, 0.3) is 5.91 Å². The van der Waals surface area contributed by atoms with Crippen LogP contribution in [0.5, 0.6) is 5.75 Å². The van der Waals surface area contributed by atoms with E-state index in [0.29, 0.717) is 22.9 Å². The highest BCUT2D eigenvalue weighted by molar-refractivity contribution is 7.89. The van der Waals surface area contributed by atoms with E-state index < -0.39 is 15.9 Å². The topological polar surface area (TPSA) is 118 Å². The molecule has 2 aromatic carbocycles. The van der Waals surface area contributed by atoms with Gasteiger partial charge in [0.15, 0.2) is 6.61 Å². The molecule has 4 rings (SSSR count). The van der Waals surface area contributed by atoms with Crippen LogP contribution in [-0.4, -0.2) is 33.4 Å². The first kappa shape index (κ1) is 20.6. The van der Waals surface area contributed by atoms with Crippen LogP contribution in [0.15, 0.2) is 76.2 Å². The van der Waals surface area contributed by atoms with Gasteiger partial charge in [0.05, 0.1) is 23.4 Å². The lowest BCUT2D eigenvalue weighted by Crippen LogP contribution is -2.43. The summed E-state index contributed by atoms with van der Waals surface area (Å²) in [6, 6.07) is 16.1. The summed E-state index contributed by atoms with van der Waals surface area (Å²) < 4.78 is 38.0. The zero-order valence-corrected chi connectivity index (χ0v) is 17.1. The first-order valence-corrected chi connectivity index (χ1v) is 10.8. The van der Waals surface area contributed by atoms with Crippen LogP contribution in [0.4, 0.5) is 11.4 Å². The molecular formula is C21H19N3O6S. The number of hydrogen-bond donors (Lipinski definition) is 2. The van der Waals surface area contributed by atoms with Crippen molar-refractivity contribution >= 4 is 33.2 Å². The fraction of sp³-hybridized carbons (Fsp3) is 0.143. The number of benzene rings is 2. The Morgan fingerprint density at radius 1 is 1.06 bits per heavy atom. The molecule has 0 unspecified atom stereocenters. The second kappa shape index (κ2) is 8.62. The number of furan rings is 1. The largest absolute Gasteiger partial charge is 0.482 e. The third-order valence-electron chi connectivity index (χ3n) is 4.55. The molecule has 1 aliphatic rings. The average Bonchev–Trinajstić information content (AvgIpc) is 3.28. The number of nitrogens with one attached hydrogen (secondary N) is 2. The molecule has 0 fully saturated rings. The molecule has 0 saturated carbocycles. The van der Waals surface area contributed by atoms with Gasteiger partial charge >= 0.3 is 0 Å². The van der Waals surface area contributed by atoms with E-state index >= 15 is 0 Å². The van der Waals surface area contributed by atoms with Gasteiger partial charge in [-0.3, -0.25) is 14.5 Å². The Bertz CT molecular complexity index is 1210. The summed E-state index contributed by atoms with van der Waals surface area (Å²) in [5.74, 6) is 0.185. The highest BCUT2D eigenvalue weighted by Crippen LogP contribution is 2.31. The van der Waals surface area contributed by atoms with Gasteiger partial charge in [-0.25, -0.2) is 13.1 Å². The Kier molecular flexibility index (Phi) is 5.74. The molecule has 0 aliphatic carbocycles. The molecule has 31 heavy (non-hydrogen) atoms. The third kappa shape index (κ3) is 4.76. The Morgan fingerprint density at radius 3 is 2.71 bits per heavy atom. The molecule has 160 valence electrons. The van der Waals surface area contributed by atoms with Crippen molar-refractivity contribution in [2.75, 3.05) is 23.4 Å². The minimum Gasteiger partial charge on any atom is -0.482 e. The quantitative estimate of drug-likeness (QED) is 0.580. The summed E-state index contributed by atoms with van der Waals surface area (Å²) in [6.07, 6.45) is 1.46. The minimum absolute atomic E-state index is 0.00444. The molecule has 3 aromatic rings. The van der Waals surface area contributed by atoms with Gasteiger partial charge in [-0.15, -0.1) is 0 Å². The van der Waals surface area contributed by atoms with Crippen LogP contribution in [-0.2, 0) is 26.2 Å². The number of carbonyl (C=O) groups is 2. The molecule has 1 aromatic heterocycles. The predicted octanol–water partition coefficient (Wildman–Crippen LogP) is 2.12. The fourth-order valence-electron chi connectivity index (χ4n) is 3.08. The number of hydrogen-bond acceptors (Lipinski definition) is 6. The first-order valence-electron chi connectivity index (χ1n) is 9.36. The number of para-hydroxylation sites is 2.